The molecule has 0 aliphatic heterocycles. The van der Waals surface area contributed by atoms with Crippen molar-refractivity contribution in [3.05, 3.63) is 0 Å². The molecule has 4 heteroatoms. The van der Waals surface area contributed by atoms with Crippen LogP contribution in [-0.4, -0.2) is 36.1 Å². The highest BCUT2D eigenvalue weighted by molar-refractivity contribution is 5.70. The molecule has 0 saturated carbocycles. The van der Waals surface area contributed by atoms with Gasteiger partial charge in [-0.25, -0.2) is 0 Å². The number of unbranched alkanes of at least 4 members (excludes halogenated alkanes) is 2. The van der Waals surface area contributed by atoms with Gasteiger partial charge in [-0.3, -0.25) is 9.98 Å². The molecule has 0 aromatic carbocycles. The minimum atomic E-state index is -0.617. The maximum Gasteiger partial charge on any atom is 0.146 e. The van der Waals surface area contributed by atoms with Gasteiger partial charge in [0.25, 0.3) is 0 Å². The van der Waals surface area contributed by atoms with Gasteiger partial charge in [-0.2, -0.15) is 0 Å². The number of carbonyl (C=O) groups is 2. The monoisotopic (exact) mass is 238 g/mol. The SMILES string of the molecule is CC(C)(C=O)N=CCCCC=NC(C)(C)C=O. The van der Waals surface area contributed by atoms with Gasteiger partial charge in [-0.05, 0) is 59.4 Å². The van der Waals surface area contributed by atoms with Gasteiger partial charge >= 0.3 is 0 Å². The Bertz CT molecular complexity index is 275. The van der Waals surface area contributed by atoms with Crippen molar-refractivity contribution in [2.45, 2.75) is 58.0 Å². The zero-order chi connectivity index (χ0) is 13.4. The summed E-state index contributed by atoms with van der Waals surface area (Å²) in [6, 6.07) is 0. The molecule has 0 spiro atoms. The average molecular weight is 238 g/mol. The number of hydrogen-bond acceptors (Lipinski definition) is 4. The average Bonchev–Trinajstić information content (AvgIpc) is 2.27. The summed E-state index contributed by atoms with van der Waals surface area (Å²) in [6.07, 6.45) is 7.74. The number of rotatable bonds is 8. The maximum atomic E-state index is 10.6. The van der Waals surface area contributed by atoms with Gasteiger partial charge in [-0.15, -0.1) is 0 Å². The molecule has 0 amide bonds. The molecule has 0 atom stereocenters. The summed E-state index contributed by atoms with van der Waals surface area (Å²) in [5.41, 5.74) is -1.23. The largest absolute Gasteiger partial charge is 0.301 e. The second-order valence-electron chi connectivity index (χ2n) is 5.10. The molecule has 0 fully saturated rings. The number of nitrogens with zero attached hydrogens (tertiary/aromatic N) is 2. The minimum absolute atomic E-state index is 0.617. The minimum Gasteiger partial charge on any atom is -0.301 e. The van der Waals surface area contributed by atoms with E-state index in [1.807, 2.05) is 0 Å². The van der Waals surface area contributed by atoms with Crippen LogP contribution in [0.15, 0.2) is 9.98 Å². The molecular weight excluding hydrogens is 216 g/mol. The standard InChI is InChI=1S/C13H22N2O2/c1-12(2,10-16)14-8-6-5-7-9-15-13(3,4)11-17/h8-11H,5-7H2,1-4H3. The van der Waals surface area contributed by atoms with Crippen molar-refractivity contribution in [3.63, 3.8) is 0 Å². The third kappa shape index (κ3) is 8.48. The molecule has 0 bridgehead atoms. The van der Waals surface area contributed by atoms with E-state index < -0.39 is 11.1 Å². The van der Waals surface area contributed by atoms with Gasteiger partial charge in [0.2, 0.25) is 0 Å². The van der Waals surface area contributed by atoms with Crippen LogP contribution in [0.1, 0.15) is 47.0 Å². The Morgan fingerprint density at radius 1 is 0.824 bits per heavy atom. The molecule has 0 aliphatic rings. The third-order valence-electron chi connectivity index (χ3n) is 2.09. The van der Waals surface area contributed by atoms with Crippen LogP contribution >= 0.6 is 0 Å². The van der Waals surface area contributed by atoms with Gasteiger partial charge in [-0.1, -0.05) is 0 Å². The summed E-state index contributed by atoms with van der Waals surface area (Å²) in [5.74, 6) is 0. The second-order valence-corrected chi connectivity index (χ2v) is 5.10. The lowest BCUT2D eigenvalue weighted by atomic mass is 10.1. The Kier molecular flexibility index (Phi) is 6.54. The zero-order valence-corrected chi connectivity index (χ0v) is 11.1. The van der Waals surface area contributed by atoms with Crippen molar-refractivity contribution in [2.75, 3.05) is 0 Å². The molecule has 0 unspecified atom stereocenters. The molecule has 17 heavy (non-hydrogen) atoms. The van der Waals surface area contributed by atoms with E-state index in [4.69, 9.17) is 0 Å². The molecule has 4 nitrogen and oxygen atoms in total. The number of carbonyl (C=O) groups excluding carboxylic acids is 2. The fourth-order valence-electron chi connectivity index (χ4n) is 0.961. The Hall–Kier alpha value is -1.32. The quantitative estimate of drug-likeness (QED) is 0.370. The predicted octanol–water partition coefficient (Wildman–Crippen LogP) is 2.25. The zero-order valence-electron chi connectivity index (χ0n) is 11.1. The van der Waals surface area contributed by atoms with E-state index in [1.165, 1.54) is 0 Å². The Morgan fingerprint density at radius 3 is 1.47 bits per heavy atom. The van der Waals surface area contributed by atoms with Crippen LogP contribution in [0.4, 0.5) is 0 Å². The molecular formula is C13H22N2O2. The van der Waals surface area contributed by atoms with Gasteiger partial charge in [0.15, 0.2) is 0 Å². The third-order valence-corrected chi connectivity index (χ3v) is 2.09. The summed E-state index contributed by atoms with van der Waals surface area (Å²) in [5, 5.41) is 0. The van der Waals surface area contributed by atoms with Gasteiger partial charge < -0.3 is 9.59 Å². The number of aliphatic imine (C=N–C) groups is 2. The van der Waals surface area contributed by atoms with E-state index in [2.05, 4.69) is 9.98 Å². The van der Waals surface area contributed by atoms with Crippen molar-refractivity contribution in [3.8, 4) is 0 Å². The van der Waals surface area contributed by atoms with Gasteiger partial charge in [0.1, 0.15) is 23.7 Å². The van der Waals surface area contributed by atoms with Gasteiger partial charge in [0.05, 0.1) is 0 Å². The van der Waals surface area contributed by atoms with E-state index in [0.29, 0.717) is 0 Å². The van der Waals surface area contributed by atoms with Crippen LogP contribution in [0, 0.1) is 0 Å². The van der Waals surface area contributed by atoms with Crippen molar-refractivity contribution in [2.24, 2.45) is 9.98 Å². The molecule has 0 heterocycles. The Balaban J connectivity index is 3.81. The van der Waals surface area contributed by atoms with E-state index in [-0.39, 0.29) is 0 Å². The molecule has 0 aromatic heterocycles. The highest BCUT2D eigenvalue weighted by Crippen LogP contribution is 2.05. The lowest BCUT2D eigenvalue weighted by Crippen LogP contribution is -2.18. The topological polar surface area (TPSA) is 58.9 Å². The Morgan fingerprint density at radius 2 is 1.18 bits per heavy atom. The van der Waals surface area contributed by atoms with E-state index >= 15 is 0 Å². The van der Waals surface area contributed by atoms with Crippen LogP contribution < -0.4 is 0 Å². The van der Waals surface area contributed by atoms with Crippen LogP contribution in [0.5, 0.6) is 0 Å². The van der Waals surface area contributed by atoms with E-state index in [0.717, 1.165) is 31.8 Å². The van der Waals surface area contributed by atoms with E-state index in [9.17, 15) is 9.59 Å². The fraction of sp³-hybridized carbons (Fsp3) is 0.692. The lowest BCUT2D eigenvalue weighted by molar-refractivity contribution is -0.111. The summed E-state index contributed by atoms with van der Waals surface area (Å²) in [7, 11) is 0. The first kappa shape index (κ1) is 15.7. The van der Waals surface area contributed by atoms with Gasteiger partial charge in [0, 0.05) is 0 Å². The molecule has 0 aliphatic carbocycles. The molecule has 0 N–H and O–H groups in total. The lowest BCUT2D eigenvalue weighted by Gasteiger charge is -2.09. The highest BCUT2D eigenvalue weighted by Gasteiger charge is 2.12. The van der Waals surface area contributed by atoms with Crippen molar-refractivity contribution >= 4 is 25.0 Å². The Labute approximate surface area is 103 Å². The van der Waals surface area contributed by atoms with Crippen LogP contribution in [0.3, 0.4) is 0 Å². The number of hydrogen-bond donors (Lipinski definition) is 0. The van der Waals surface area contributed by atoms with Crippen LogP contribution in [0.2, 0.25) is 0 Å². The van der Waals surface area contributed by atoms with Crippen molar-refractivity contribution in [1.29, 1.82) is 0 Å². The second kappa shape index (κ2) is 7.09. The summed E-state index contributed by atoms with van der Waals surface area (Å²) in [6.45, 7) is 7.07. The first-order valence-electron chi connectivity index (χ1n) is 5.83. The number of aldehydes is 2. The van der Waals surface area contributed by atoms with Crippen molar-refractivity contribution < 1.29 is 9.59 Å². The first-order valence-corrected chi connectivity index (χ1v) is 5.83. The normalized spacial score (nSPS) is 13.4. The highest BCUT2D eigenvalue weighted by atomic mass is 16.1. The smallest absolute Gasteiger partial charge is 0.146 e. The molecule has 96 valence electrons. The summed E-state index contributed by atoms with van der Waals surface area (Å²) >= 11 is 0. The summed E-state index contributed by atoms with van der Waals surface area (Å²) in [4.78, 5) is 29.4. The molecule has 0 radical (unpaired) electrons. The maximum absolute atomic E-state index is 10.6. The molecule has 0 rings (SSSR count). The van der Waals surface area contributed by atoms with E-state index in [1.54, 1.807) is 40.1 Å². The van der Waals surface area contributed by atoms with Crippen molar-refractivity contribution in [1.82, 2.24) is 0 Å². The van der Waals surface area contributed by atoms with Crippen LogP contribution in [0.25, 0.3) is 0 Å². The first-order chi connectivity index (χ1) is 7.83. The summed E-state index contributed by atoms with van der Waals surface area (Å²) < 4.78 is 0. The molecule has 0 aromatic rings. The molecule has 0 saturated heterocycles. The fourth-order valence-corrected chi connectivity index (χ4v) is 0.961. The predicted molar refractivity (Wildman–Crippen MR) is 71.1 cm³/mol. The van der Waals surface area contributed by atoms with Crippen LogP contribution in [-0.2, 0) is 9.59 Å².